The minimum Gasteiger partial charge on any atom is -0.348 e. The number of carbonyl (C=O) groups is 1. The van der Waals surface area contributed by atoms with Crippen LogP contribution in [0.5, 0.6) is 0 Å². The van der Waals surface area contributed by atoms with Gasteiger partial charge in [-0.15, -0.1) is 0 Å². The summed E-state index contributed by atoms with van der Waals surface area (Å²) in [6.45, 7) is 2.00. The van der Waals surface area contributed by atoms with Crippen molar-refractivity contribution in [2.75, 3.05) is 0 Å². The molecular weight excluding hydrogens is 200 g/mol. The molecule has 0 fully saturated rings. The number of carbonyl (C=O) groups excluding carboxylic acids is 1. The summed E-state index contributed by atoms with van der Waals surface area (Å²) in [5.41, 5.74) is 8.50. The molecule has 3 nitrogen and oxygen atoms in total. The minimum absolute atomic E-state index is 0.00440. The normalized spacial score (nSPS) is 22.9. The van der Waals surface area contributed by atoms with Crippen LogP contribution in [0.1, 0.15) is 36.9 Å². The Morgan fingerprint density at radius 3 is 3.00 bits per heavy atom. The highest BCUT2D eigenvalue weighted by Gasteiger charge is 2.30. The summed E-state index contributed by atoms with van der Waals surface area (Å²) in [5, 5.41) is 3.02. The number of fused-ring (bicyclic) bond motifs is 1. The molecule has 0 aromatic heterocycles. The first-order valence-corrected chi connectivity index (χ1v) is 5.85. The zero-order valence-corrected chi connectivity index (χ0v) is 9.57. The molecule has 3 heteroatoms. The first-order valence-electron chi connectivity index (χ1n) is 5.85. The highest BCUT2D eigenvalue weighted by atomic mass is 16.1. The van der Waals surface area contributed by atoms with E-state index in [1.165, 1.54) is 11.1 Å². The lowest BCUT2D eigenvalue weighted by molar-refractivity contribution is -0.122. The van der Waals surface area contributed by atoms with Gasteiger partial charge in [0.05, 0.1) is 6.04 Å². The van der Waals surface area contributed by atoms with E-state index in [4.69, 9.17) is 5.73 Å². The first kappa shape index (κ1) is 11.1. The molecule has 0 bridgehead atoms. The van der Waals surface area contributed by atoms with Crippen LogP contribution in [-0.2, 0) is 11.2 Å². The molecule has 0 radical (unpaired) electrons. The van der Waals surface area contributed by atoms with Gasteiger partial charge >= 0.3 is 0 Å². The molecule has 16 heavy (non-hydrogen) atoms. The second-order valence-corrected chi connectivity index (χ2v) is 4.36. The molecule has 3 N–H and O–H groups in total. The van der Waals surface area contributed by atoms with Crippen molar-refractivity contribution in [1.82, 2.24) is 5.32 Å². The molecule has 0 heterocycles. The predicted molar refractivity (Wildman–Crippen MR) is 63.9 cm³/mol. The van der Waals surface area contributed by atoms with Gasteiger partial charge in [-0.1, -0.05) is 31.2 Å². The average Bonchev–Trinajstić information content (AvgIpc) is 2.56. The Labute approximate surface area is 96.0 Å². The lowest BCUT2D eigenvalue weighted by atomic mass is 10.1. The van der Waals surface area contributed by atoms with Crippen LogP contribution in [0.25, 0.3) is 0 Å². The van der Waals surface area contributed by atoms with Gasteiger partial charge in [0, 0.05) is 12.5 Å². The van der Waals surface area contributed by atoms with Crippen LogP contribution < -0.4 is 11.1 Å². The van der Waals surface area contributed by atoms with E-state index in [2.05, 4.69) is 17.4 Å². The highest BCUT2D eigenvalue weighted by Crippen LogP contribution is 2.29. The van der Waals surface area contributed by atoms with Crippen LogP contribution in [0.4, 0.5) is 0 Å². The van der Waals surface area contributed by atoms with Crippen molar-refractivity contribution in [3.63, 3.8) is 0 Å². The molecule has 1 aromatic rings. The topological polar surface area (TPSA) is 55.1 Å². The van der Waals surface area contributed by atoms with Gasteiger partial charge in [0.1, 0.15) is 0 Å². The molecule has 0 saturated carbocycles. The Bertz CT molecular complexity index is 389. The summed E-state index contributed by atoms with van der Waals surface area (Å²) in [5.74, 6) is 0.0969. The summed E-state index contributed by atoms with van der Waals surface area (Å²) < 4.78 is 0. The fourth-order valence-electron chi connectivity index (χ4n) is 2.28. The van der Waals surface area contributed by atoms with Gasteiger partial charge in [-0.2, -0.15) is 0 Å². The van der Waals surface area contributed by atoms with Gasteiger partial charge in [-0.05, 0) is 24.0 Å². The fourth-order valence-corrected chi connectivity index (χ4v) is 2.28. The standard InChI is InChI=1S/C13H18N2O/c1-2-5-12(16)15-13-10-7-4-3-6-9(10)8-11(13)14/h3-4,6-7,11,13H,2,5,8,14H2,1H3,(H,15,16). The molecule has 1 aromatic carbocycles. The molecule has 0 spiro atoms. The van der Waals surface area contributed by atoms with Crippen LogP contribution in [0.15, 0.2) is 24.3 Å². The first-order chi connectivity index (χ1) is 7.72. The SMILES string of the molecule is CCCC(=O)NC1c2ccccc2CC1N. The molecule has 2 unspecified atom stereocenters. The van der Waals surface area contributed by atoms with E-state index in [0.717, 1.165) is 12.8 Å². The van der Waals surface area contributed by atoms with Crippen molar-refractivity contribution in [3.8, 4) is 0 Å². The van der Waals surface area contributed by atoms with E-state index >= 15 is 0 Å². The summed E-state index contributed by atoms with van der Waals surface area (Å²) >= 11 is 0. The van der Waals surface area contributed by atoms with Crippen molar-refractivity contribution >= 4 is 5.91 Å². The third-order valence-electron chi connectivity index (χ3n) is 3.07. The zero-order valence-electron chi connectivity index (χ0n) is 9.57. The van der Waals surface area contributed by atoms with Gasteiger partial charge < -0.3 is 11.1 Å². The van der Waals surface area contributed by atoms with Crippen LogP contribution in [0.2, 0.25) is 0 Å². The van der Waals surface area contributed by atoms with E-state index in [0.29, 0.717) is 6.42 Å². The van der Waals surface area contributed by atoms with E-state index in [1.807, 2.05) is 19.1 Å². The van der Waals surface area contributed by atoms with E-state index in [9.17, 15) is 4.79 Å². The van der Waals surface area contributed by atoms with Gasteiger partial charge in [-0.25, -0.2) is 0 Å². The van der Waals surface area contributed by atoms with Crippen molar-refractivity contribution in [1.29, 1.82) is 0 Å². The maximum absolute atomic E-state index is 11.6. The Kier molecular flexibility index (Phi) is 3.25. The summed E-state index contributed by atoms with van der Waals surface area (Å²) in [6.07, 6.45) is 2.30. The Morgan fingerprint density at radius 1 is 1.50 bits per heavy atom. The van der Waals surface area contributed by atoms with E-state index in [-0.39, 0.29) is 18.0 Å². The molecule has 0 saturated heterocycles. The quantitative estimate of drug-likeness (QED) is 0.808. The van der Waals surface area contributed by atoms with Crippen LogP contribution in [0, 0.1) is 0 Å². The number of hydrogen-bond acceptors (Lipinski definition) is 2. The Balaban J connectivity index is 2.13. The van der Waals surface area contributed by atoms with Gasteiger partial charge in [-0.3, -0.25) is 4.79 Å². The lowest BCUT2D eigenvalue weighted by Gasteiger charge is -2.18. The summed E-state index contributed by atoms with van der Waals surface area (Å²) in [7, 11) is 0. The van der Waals surface area contributed by atoms with E-state index < -0.39 is 0 Å². The number of benzene rings is 1. The monoisotopic (exact) mass is 218 g/mol. The largest absolute Gasteiger partial charge is 0.348 e. The maximum atomic E-state index is 11.6. The van der Waals surface area contributed by atoms with Crippen molar-refractivity contribution < 1.29 is 4.79 Å². The third kappa shape index (κ3) is 2.09. The zero-order chi connectivity index (χ0) is 11.5. The van der Waals surface area contributed by atoms with Crippen LogP contribution in [-0.4, -0.2) is 11.9 Å². The Hall–Kier alpha value is -1.35. The van der Waals surface area contributed by atoms with E-state index in [1.54, 1.807) is 0 Å². The molecule has 1 aliphatic carbocycles. The molecule has 1 aliphatic rings. The molecular formula is C13H18N2O. The highest BCUT2D eigenvalue weighted by molar-refractivity contribution is 5.76. The predicted octanol–water partition coefficient (Wildman–Crippen LogP) is 1.53. The molecule has 1 amide bonds. The third-order valence-corrected chi connectivity index (χ3v) is 3.07. The molecule has 2 rings (SSSR count). The second-order valence-electron chi connectivity index (χ2n) is 4.36. The van der Waals surface area contributed by atoms with Gasteiger partial charge in [0.15, 0.2) is 0 Å². The number of hydrogen-bond donors (Lipinski definition) is 2. The summed E-state index contributed by atoms with van der Waals surface area (Å²) in [6, 6.07) is 8.16. The van der Waals surface area contributed by atoms with Crippen molar-refractivity contribution in [2.45, 2.75) is 38.3 Å². The van der Waals surface area contributed by atoms with Crippen molar-refractivity contribution in [2.24, 2.45) is 5.73 Å². The fraction of sp³-hybridized carbons (Fsp3) is 0.462. The van der Waals surface area contributed by atoms with Crippen LogP contribution >= 0.6 is 0 Å². The number of nitrogens with one attached hydrogen (secondary N) is 1. The summed E-state index contributed by atoms with van der Waals surface area (Å²) in [4.78, 5) is 11.6. The average molecular weight is 218 g/mol. The number of nitrogens with two attached hydrogens (primary N) is 1. The smallest absolute Gasteiger partial charge is 0.220 e. The second kappa shape index (κ2) is 4.66. The lowest BCUT2D eigenvalue weighted by Crippen LogP contribution is -2.38. The maximum Gasteiger partial charge on any atom is 0.220 e. The Morgan fingerprint density at radius 2 is 2.25 bits per heavy atom. The molecule has 2 atom stereocenters. The molecule has 0 aliphatic heterocycles. The minimum atomic E-state index is -0.00440. The number of rotatable bonds is 3. The number of amides is 1. The van der Waals surface area contributed by atoms with Crippen LogP contribution in [0.3, 0.4) is 0 Å². The molecule has 86 valence electrons. The van der Waals surface area contributed by atoms with Crippen molar-refractivity contribution in [3.05, 3.63) is 35.4 Å². The van der Waals surface area contributed by atoms with Gasteiger partial charge in [0.2, 0.25) is 5.91 Å². The van der Waals surface area contributed by atoms with Gasteiger partial charge in [0.25, 0.3) is 0 Å².